The molecule has 90 valence electrons. The van der Waals surface area contributed by atoms with Gasteiger partial charge in [0, 0.05) is 0 Å². The molecule has 0 atom stereocenters. The van der Waals surface area contributed by atoms with E-state index in [0.717, 1.165) is 11.0 Å². The topological polar surface area (TPSA) is 28.2 Å². The Morgan fingerprint density at radius 3 is 1.37 bits per heavy atom. The van der Waals surface area contributed by atoms with Crippen LogP contribution in [0.1, 0.15) is 0 Å². The van der Waals surface area contributed by atoms with E-state index in [1.54, 1.807) is 0 Å². The number of hydrogen-bond donors (Lipinski definition) is 0. The molecule has 0 unspecified atom stereocenters. The van der Waals surface area contributed by atoms with Gasteiger partial charge in [0.25, 0.3) is 0 Å². The van der Waals surface area contributed by atoms with Crippen LogP contribution >= 0.6 is 0 Å². The predicted octanol–water partition coefficient (Wildman–Crippen LogP) is 3.59. The number of benzene rings is 2. The maximum atomic E-state index is 4.12. The van der Waals surface area contributed by atoms with E-state index in [1.807, 2.05) is 60.9 Å². The number of hydrogen-bond acceptors (Lipinski definition) is 0. The van der Waals surface area contributed by atoms with Crippen molar-refractivity contribution in [2.24, 2.45) is 0 Å². The van der Waals surface area contributed by atoms with Crippen molar-refractivity contribution in [2.45, 2.75) is 0 Å². The van der Waals surface area contributed by atoms with E-state index in [-0.39, 0.29) is 26.2 Å². The molecule has 0 amide bonds. The minimum Gasteiger partial charge on any atom is -0.664 e. The van der Waals surface area contributed by atoms with Crippen molar-refractivity contribution in [1.82, 2.24) is 9.97 Å². The van der Waals surface area contributed by atoms with Gasteiger partial charge in [-0.15, -0.1) is 11.0 Å². The summed E-state index contributed by atoms with van der Waals surface area (Å²) in [5, 5.41) is 2.44. The predicted molar refractivity (Wildman–Crippen MR) is 74.5 cm³/mol. The first-order chi connectivity index (χ1) is 8.93. The molecule has 0 aliphatic heterocycles. The average Bonchev–Trinajstić information content (AvgIpc) is 3.08. The Labute approximate surface area is 131 Å². The first-order valence-electron chi connectivity index (χ1n) is 5.86. The molecule has 2 aromatic heterocycles. The van der Waals surface area contributed by atoms with Gasteiger partial charge in [0.15, 0.2) is 0 Å². The summed E-state index contributed by atoms with van der Waals surface area (Å²) in [6.45, 7) is 0. The van der Waals surface area contributed by atoms with Crippen LogP contribution in [-0.4, -0.2) is 0 Å². The monoisotopic (exact) mass is 322 g/mol. The summed E-state index contributed by atoms with van der Waals surface area (Å²) in [7, 11) is 0. The quantitative estimate of drug-likeness (QED) is 0.495. The smallest absolute Gasteiger partial charge is 0.664 e. The van der Waals surface area contributed by atoms with Gasteiger partial charge >= 0.3 is 26.2 Å². The molecule has 4 aromatic rings. The molecular formula is C16H12N2Zr. The molecule has 0 aliphatic rings. The van der Waals surface area contributed by atoms with Crippen molar-refractivity contribution >= 4 is 21.8 Å². The maximum Gasteiger partial charge on any atom is 2.00 e. The molecule has 0 saturated carbocycles. The zero-order valence-electron chi connectivity index (χ0n) is 10.3. The zero-order valence-corrected chi connectivity index (χ0v) is 12.8. The Hall–Kier alpha value is -1.60. The first-order valence-corrected chi connectivity index (χ1v) is 5.86. The SMILES string of the molecule is [Zr+2].c1ccc2[n-]ccc2c1.c1ccc2[n-]ccc2c1. The van der Waals surface area contributed by atoms with Gasteiger partial charge < -0.3 is 9.97 Å². The number of para-hydroxylation sites is 2. The second-order valence-corrected chi connectivity index (χ2v) is 4.01. The molecule has 0 radical (unpaired) electrons. The maximum absolute atomic E-state index is 4.12. The van der Waals surface area contributed by atoms with E-state index in [9.17, 15) is 0 Å². The minimum atomic E-state index is 0. The third-order valence-electron chi connectivity index (χ3n) is 2.81. The Morgan fingerprint density at radius 1 is 0.526 bits per heavy atom. The Morgan fingerprint density at radius 2 is 0.947 bits per heavy atom. The summed E-state index contributed by atoms with van der Waals surface area (Å²) in [5.74, 6) is 0. The largest absolute Gasteiger partial charge is 2.00 e. The molecule has 0 spiro atoms. The fourth-order valence-corrected chi connectivity index (χ4v) is 1.89. The van der Waals surface area contributed by atoms with Gasteiger partial charge in [0.2, 0.25) is 0 Å². The molecule has 0 bridgehead atoms. The van der Waals surface area contributed by atoms with E-state index in [0.29, 0.717) is 0 Å². The molecule has 0 aliphatic carbocycles. The minimum absolute atomic E-state index is 0. The molecule has 0 saturated heterocycles. The number of fused-ring (bicyclic) bond motifs is 2. The van der Waals surface area contributed by atoms with Crippen molar-refractivity contribution in [2.75, 3.05) is 0 Å². The van der Waals surface area contributed by atoms with Gasteiger partial charge in [0.1, 0.15) is 0 Å². The standard InChI is InChI=1S/2C8H6N.Zr/c2*1-2-4-8-7(3-1)5-6-9-8;/h2*1-6H;/q2*-1;+2. The molecule has 0 N–H and O–H groups in total. The fourth-order valence-electron chi connectivity index (χ4n) is 1.89. The molecule has 2 heterocycles. The molecule has 2 nitrogen and oxygen atoms in total. The fraction of sp³-hybridized carbons (Fsp3) is 0. The second kappa shape index (κ2) is 6.54. The van der Waals surface area contributed by atoms with Crippen molar-refractivity contribution in [1.29, 1.82) is 0 Å². The molecule has 4 rings (SSSR count). The van der Waals surface area contributed by atoms with E-state index < -0.39 is 0 Å². The summed E-state index contributed by atoms with van der Waals surface area (Å²) in [6, 6.07) is 20.2. The second-order valence-electron chi connectivity index (χ2n) is 4.01. The molecule has 0 fully saturated rings. The van der Waals surface area contributed by atoms with Gasteiger partial charge in [-0.05, 0) is 10.8 Å². The summed E-state index contributed by atoms with van der Waals surface area (Å²) in [4.78, 5) is 8.24. The van der Waals surface area contributed by atoms with Gasteiger partial charge in [-0.25, -0.2) is 0 Å². The van der Waals surface area contributed by atoms with Gasteiger partial charge in [-0.3, -0.25) is 0 Å². The van der Waals surface area contributed by atoms with Crippen LogP contribution in [0.5, 0.6) is 0 Å². The van der Waals surface area contributed by atoms with Gasteiger partial charge in [-0.1, -0.05) is 60.7 Å². The van der Waals surface area contributed by atoms with Crippen molar-refractivity contribution in [3.05, 3.63) is 73.1 Å². The summed E-state index contributed by atoms with van der Waals surface area (Å²) < 4.78 is 0. The third kappa shape index (κ3) is 3.24. The Kier molecular flexibility index (Phi) is 4.76. The van der Waals surface area contributed by atoms with Crippen molar-refractivity contribution in [3.63, 3.8) is 0 Å². The van der Waals surface area contributed by atoms with E-state index in [4.69, 9.17) is 0 Å². The Bertz CT molecular complexity index is 629. The van der Waals surface area contributed by atoms with Crippen LogP contribution in [0.25, 0.3) is 21.8 Å². The number of aromatic nitrogens is 2. The van der Waals surface area contributed by atoms with Crippen LogP contribution in [0.3, 0.4) is 0 Å². The van der Waals surface area contributed by atoms with Crippen LogP contribution in [-0.2, 0) is 26.2 Å². The number of rotatable bonds is 0. The zero-order chi connectivity index (χ0) is 12.2. The van der Waals surface area contributed by atoms with Gasteiger partial charge in [0.05, 0.1) is 0 Å². The molecular weight excluding hydrogens is 311 g/mol. The average molecular weight is 324 g/mol. The molecule has 2 aromatic carbocycles. The van der Waals surface area contributed by atoms with E-state index in [1.165, 1.54) is 10.8 Å². The van der Waals surface area contributed by atoms with Crippen molar-refractivity contribution < 1.29 is 26.2 Å². The normalized spacial score (nSPS) is 9.68. The van der Waals surface area contributed by atoms with Gasteiger partial charge in [-0.2, -0.15) is 12.4 Å². The van der Waals surface area contributed by atoms with Crippen molar-refractivity contribution in [3.8, 4) is 0 Å². The summed E-state index contributed by atoms with van der Waals surface area (Å²) >= 11 is 0. The van der Waals surface area contributed by atoms with Crippen LogP contribution in [0.15, 0.2) is 73.1 Å². The summed E-state index contributed by atoms with van der Waals surface area (Å²) in [5.41, 5.74) is 2.16. The molecule has 19 heavy (non-hydrogen) atoms. The van der Waals surface area contributed by atoms with Crippen LogP contribution in [0.2, 0.25) is 0 Å². The summed E-state index contributed by atoms with van der Waals surface area (Å²) in [6.07, 6.45) is 3.65. The third-order valence-corrected chi connectivity index (χ3v) is 2.81. The first kappa shape index (κ1) is 13.8. The van der Waals surface area contributed by atoms with E-state index >= 15 is 0 Å². The van der Waals surface area contributed by atoms with E-state index in [2.05, 4.69) is 22.1 Å². The van der Waals surface area contributed by atoms with Crippen LogP contribution < -0.4 is 9.97 Å². The molecule has 3 heteroatoms. The van der Waals surface area contributed by atoms with Crippen LogP contribution in [0, 0.1) is 0 Å². The Balaban J connectivity index is 0.000000133. The number of nitrogens with zero attached hydrogens (tertiary/aromatic N) is 2. The van der Waals surface area contributed by atoms with Crippen LogP contribution in [0.4, 0.5) is 0 Å².